The van der Waals surface area contributed by atoms with Crippen LogP contribution in [0.4, 0.5) is 5.69 Å². The van der Waals surface area contributed by atoms with Crippen LogP contribution in [0.3, 0.4) is 0 Å². The number of amidine groups is 1. The molecule has 0 amide bonds. The summed E-state index contributed by atoms with van der Waals surface area (Å²) in [6, 6.07) is 7.82. The van der Waals surface area contributed by atoms with Crippen LogP contribution >= 0.6 is 43.2 Å². The van der Waals surface area contributed by atoms with Gasteiger partial charge in [-0.2, -0.15) is 0 Å². The first-order valence-corrected chi connectivity index (χ1v) is 8.20. The third kappa shape index (κ3) is 3.34. The lowest BCUT2D eigenvalue weighted by atomic mass is 10.1. The average molecular weight is 419 g/mol. The van der Waals surface area contributed by atoms with Crippen molar-refractivity contribution in [3.8, 4) is 0 Å². The average Bonchev–Trinajstić information content (AvgIpc) is 2.83. The molecule has 1 aromatic carbocycles. The molecule has 7 heteroatoms. The molecular formula is C13H13Br2N3OS. The fourth-order valence-corrected chi connectivity index (χ4v) is 3.95. The van der Waals surface area contributed by atoms with E-state index in [0.29, 0.717) is 5.56 Å². The zero-order chi connectivity index (χ0) is 14.7. The maximum atomic E-state index is 8.93. The van der Waals surface area contributed by atoms with Crippen molar-refractivity contribution < 1.29 is 5.21 Å². The summed E-state index contributed by atoms with van der Waals surface area (Å²) in [5.41, 5.74) is 7.36. The monoisotopic (exact) mass is 417 g/mol. The predicted molar refractivity (Wildman–Crippen MR) is 90.8 cm³/mol. The molecule has 3 N–H and O–H groups in total. The van der Waals surface area contributed by atoms with Gasteiger partial charge in [-0.15, -0.1) is 11.3 Å². The van der Waals surface area contributed by atoms with E-state index in [-0.39, 0.29) is 5.84 Å². The Bertz CT molecular complexity index is 642. The fourth-order valence-electron chi connectivity index (χ4n) is 1.89. The molecule has 0 saturated heterocycles. The van der Waals surface area contributed by atoms with E-state index in [1.807, 2.05) is 25.2 Å². The Kier molecular flexibility index (Phi) is 5.06. The largest absolute Gasteiger partial charge is 0.409 e. The number of thiophene rings is 1. The number of rotatable bonds is 4. The van der Waals surface area contributed by atoms with Gasteiger partial charge in [-0.25, -0.2) is 0 Å². The summed E-state index contributed by atoms with van der Waals surface area (Å²) in [6.07, 6.45) is 0. The van der Waals surface area contributed by atoms with Crippen molar-refractivity contribution in [2.75, 3.05) is 11.9 Å². The zero-order valence-corrected chi connectivity index (χ0v) is 14.7. The maximum absolute atomic E-state index is 8.93. The van der Waals surface area contributed by atoms with Gasteiger partial charge < -0.3 is 15.8 Å². The van der Waals surface area contributed by atoms with Crippen molar-refractivity contribution in [3.05, 3.63) is 49.0 Å². The lowest BCUT2D eigenvalue weighted by Gasteiger charge is -2.22. The minimum absolute atomic E-state index is 0.0895. The number of oxime groups is 1. The molecule has 2 aromatic rings. The zero-order valence-electron chi connectivity index (χ0n) is 10.7. The van der Waals surface area contributed by atoms with Crippen molar-refractivity contribution >= 4 is 54.7 Å². The van der Waals surface area contributed by atoms with E-state index >= 15 is 0 Å². The van der Waals surface area contributed by atoms with Crippen LogP contribution in [0.15, 0.2) is 43.7 Å². The first-order valence-electron chi connectivity index (χ1n) is 5.73. The lowest BCUT2D eigenvalue weighted by molar-refractivity contribution is 0.318. The van der Waals surface area contributed by atoms with Crippen molar-refractivity contribution in [3.63, 3.8) is 0 Å². The smallest absolute Gasteiger partial charge is 0.173 e. The van der Waals surface area contributed by atoms with Crippen molar-refractivity contribution in [2.45, 2.75) is 6.54 Å². The molecule has 0 aliphatic carbocycles. The summed E-state index contributed by atoms with van der Waals surface area (Å²) < 4.78 is 1.88. The number of nitrogens with two attached hydrogens (primary N) is 1. The van der Waals surface area contributed by atoms with Crippen LogP contribution < -0.4 is 10.6 Å². The summed E-state index contributed by atoms with van der Waals surface area (Å²) in [7, 11) is 1.98. The van der Waals surface area contributed by atoms with E-state index in [9.17, 15) is 0 Å². The molecule has 0 unspecified atom stereocenters. The van der Waals surface area contributed by atoms with E-state index in [2.05, 4.69) is 53.4 Å². The maximum Gasteiger partial charge on any atom is 0.173 e. The van der Waals surface area contributed by atoms with Crippen LogP contribution in [-0.4, -0.2) is 18.1 Å². The molecule has 2 rings (SSSR count). The number of anilines is 1. The van der Waals surface area contributed by atoms with Gasteiger partial charge in [0, 0.05) is 31.9 Å². The second-order valence-corrected chi connectivity index (χ2v) is 6.97. The topological polar surface area (TPSA) is 61.8 Å². The normalized spacial score (nSPS) is 11.7. The third-order valence-corrected chi connectivity index (χ3v) is 5.12. The van der Waals surface area contributed by atoms with Gasteiger partial charge >= 0.3 is 0 Å². The molecule has 1 aromatic heterocycles. The first kappa shape index (κ1) is 15.3. The fraction of sp³-hybridized carbons (Fsp3) is 0.154. The minimum Gasteiger partial charge on any atom is -0.409 e. The van der Waals surface area contributed by atoms with Crippen LogP contribution in [0.5, 0.6) is 0 Å². The Morgan fingerprint density at radius 1 is 1.45 bits per heavy atom. The molecule has 0 spiro atoms. The predicted octanol–water partition coefficient (Wildman–Crippen LogP) is 4.00. The summed E-state index contributed by atoms with van der Waals surface area (Å²) >= 11 is 8.58. The highest BCUT2D eigenvalue weighted by molar-refractivity contribution is 9.10. The quantitative estimate of drug-likeness (QED) is 0.341. The Hall–Kier alpha value is -1.05. The molecule has 0 radical (unpaired) electrons. The molecule has 0 fully saturated rings. The lowest BCUT2D eigenvalue weighted by Crippen LogP contribution is -2.22. The highest BCUT2D eigenvalue weighted by atomic mass is 79.9. The number of benzene rings is 1. The van der Waals surface area contributed by atoms with Gasteiger partial charge in [0.05, 0.1) is 12.1 Å². The second-order valence-electron chi connectivity index (χ2n) is 4.21. The van der Waals surface area contributed by atoms with Crippen LogP contribution in [0.2, 0.25) is 0 Å². The third-order valence-electron chi connectivity index (χ3n) is 2.78. The first-order chi connectivity index (χ1) is 9.52. The van der Waals surface area contributed by atoms with Gasteiger partial charge in [-0.3, -0.25) is 0 Å². The van der Waals surface area contributed by atoms with E-state index in [1.54, 1.807) is 11.3 Å². The Morgan fingerprint density at radius 2 is 2.20 bits per heavy atom. The Morgan fingerprint density at radius 3 is 2.80 bits per heavy atom. The van der Waals surface area contributed by atoms with Gasteiger partial charge in [0.2, 0.25) is 0 Å². The molecule has 0 aliphatic rings. The summed E-state index contributed by atoms with van der Waals surface area (Å²) in [5.74, 6) is 0.0895. The molecule has 1 heterocycles. The Labute approximate surface area is 138 Å². The SMILES string of the molecule is CN(Cc1cc(Br)cs1)c1cccc(Br)c1/C(N)=N/O. The molecule has 20 heavy (non-hydrogen) atoms. The molecular weight excluding hydrogens is 406 g/mol. The van der Waals surface area contributed by atoms with Crippen LogP contribution in [0.1, 0.15) is 10.4 Å². The van der Waals surface area contributed by atoms with E-state index in [4.69, 9.17) is 10.9 Å². The Balaban J connectivity index is 2.34. The van der Waals surface area contributed by atoms with Gasteiger partial charge in [-0.1, -0.05) is 11.2 Å². The summed E-state index contributed by atoms with van der Waals surface area (Å²) in [4.78, 5) is 3.29. The highest BCUT2D eigenvalue weighted by Gasteiger charge is 2.15. The van der Waals surface area contributed by atoms with Crippen molar-refractivity contribution in [2.24, 2.45) is 10.9 Å². The standard InChI is InChI=1S/C13H13Br2N3OS/c1-18(6-9-5-8(14)7-20-9)11-4-2-3-10(15)12(11)13(16)17-19/h2-5,7,19H,6H2,1H3,(H2,16,17). The molecule has 4 nitrogen and oxygen atoms in total. The van der Waals surface area contributed by atoms with E-state index in [0.717, 1.165) is 21.2 Å². The number of hydrogen-bond acceptors (Lipinski definition) is 4. The highest BCUT2D eigenvalue weighted by Crippen LogP contribution is 2.29. The summed E-state index contributed by atoms with van der Waals surface area (Å²) in [6.45, 7) is 0.748. The molecule has 0 atom stereocenters. The van der Waals surface area contributed by atoms with Gasteiger partial charge in [0.15, 0.2) is 5.84 Å². The number of hydrogen-bond donors (Lipinski definition) is 2. The number of nitrogens with zero attached hydrogens (tertiary/aromatic N) is 2. The van der Waals surface area contributed by atoms with Gasteiger partial charge in [0.1, 0.15) is 0 Å². The summed E-state index contributed by atoms with van der Waals surface area (Å²) in [5, 5.41) is 14.1. The van der Waals surface area contributed by atoms with Crippen molar-refractivity contribution in [1.29, 1.82) is 0 Å². The van der Waals surface area contributed by atoms with E-state index < -0.39 is 0 Å². The second kappa shape index (κ2) is 6.60. The minimum atomic E-state index is 0.0895. The van der Waals surface area contributed by atoms with E-state index in [1.165, 1.54) is 4.88 Å². The van der Waals surface area contributed by atoms with Gasteiger partial charge in [0.25, 0.3) is 0 Å². The van der Waals surface area contributed by atoms with Crippen LogP contribution in [-0.2, 0) is 6.54 Å². The molecule has 0 saturated carbocycles. The van der Waals surface area contributed by atoms with Crippen molar-refractivity contribution in [1.82, 2.24) is 0 Å². The number of halogens is 2. The van der Waals surface area contributed by atoms with Crippen LogP contribution in [0.25, 0.3) is 0 Å². The van der Waals surface area contributed by atoms with Gasteiger partial charge in [-0.05, 0) is 50.1 Å². The molecule has 0 aliphatic heterocycles. The molecule has 106 valence electrons. The molecule has 0 bridgehead atoms. The van der Waals surface area contributed by atoms with Crippen LogP contribution in [0, 0.1) is 0 Å².